The fraction of sp³-hybridized carbons (Fsp3) is 0.529. The molecule has 9 nitrogen and oxygen atoms in total. The van der Waals surface area contributed by atoms with Gasteiger partial charge in [0.05, 0.1) is 11.0 Å². The topological polar surface area (TPSA) is 108 Å². The number of carbonyl (C=O) groups is 1. The fourth-order valence-corrected chi connectivity index (χ4v) is 2.81. The number of nitro benzene ring substituents is 1. The lowest BCUT2D eigenvalue weighted by atomic mass is 10.2. The number of ether oxygens (including phenoxy) is 2. The minimum Gasteiger partial charge on any atom is -0.448 e. The number of oxazole rings is 1. The van der Waals surface area contributed by atoms with Crippen molar-refractivity contribution in [1.82, 2.24) is 9.88 Å². The van der Waals surface area contributed by atoms with Gasteiger partial charge in [0.15, 0.2) is 5.58 Å². The summed E-state index contributed by atoms with van der Waals surface area (Å²) in [6, 6.07) is 4.03. The lowest BCUT2D eigenvalue weighted by Gasteiger charge is -2.28. The number of rotatable bonds is 4. The number of nitro groups is 1. The van der Waals surface area contributed by atoms with E-state index in [2.05, 4.69) is 4.98 Å². The van der Waals surface area contributed by atoms with Gasteiger partial charge in [-0.3, -0.25) is 10.1 Å². The molecule has 9 heteroatoms. The average Bonchev–Trinajstić information content (AvgIpc) is 3.16. The smallest absolute Gasteiger partial charge is 0.410 e. The van der Waals surface area contributed by atoms with E-state index in [0.29, 0.717) is 17.6 Å². The Labute approximate surface area is 150 Å². The van der Waals surface area contributed by atoms with Gasteiger partial charge >= 0.3 is 12.2 Å². The van der Waals surface area contributed by atoms with Gasteiger partial charge in [-0.2, -0.15) is 4.98 Å². The summed E-state index contributed by atoms with van der Waals surface area (Å²) in [7, 11) is 0. The molecule has 0 spiro atoms. The molecule has 0 aliphatic carbocycles. The number of benzene rings is 1. The molecule has 0 radical (unpaired) electrons. The van der Waals surface area contributed by atoms with Crippen molar-refractivity contribution in [3.05, 3.63) is 28.3 Å². The Morgan fingerprint density at radius 1 is 1.46 bits per heavy atom. The Balaban J connectivity index is 1.65. The first-order valence-corrected chi connectivity index (χ1v) is 8.40. The van der Waals surface area contributed by atoms with Crippen LogP contribution in [0.1, 0.15) is 33.6 Å². The summed E-state index contributed by atoms with van der Waals surface area (Å²) in [4.78, 5) is 28.4. The second-order valence-electron chi connectivity index (χ2n) is 7.17. The maximum absolute atomic E-state index is 12.3. The highest BCUT2D eigenvalue weighted by Gasteiger charge is 2.33. The van der Waals surface area contributed by atoms with E-state index in [9.17, 15) is 14.9 Å². The molecule has 0 bridgehead atoms. The first-order valence-electron chi connectivity index (χ1n) is 8.40. The van der Waals surface area contributed by atoms with E-state index >= 15 is 0 Å². The normalized spacial score (nSPS) is 17.5. The van der Waals surface area contributed by atoms with Gasteiger partial charge in [-0.05, 0) is 39.7 Å². The number of carbonyl (C=O) groups excluding carboxylic acids is 1. The summed E-state index contributed by atoms with van der Waals surface area (Å²) in [5.41, 5.74) is 0.134. The number of aromatic nitrogens is 1. The molecule has 1 aliphatic heterocycles. The SMILES string of the molecule is CC(C)(C)OC(=O)N1CCC[C@@H]1COc1nc2cc([N+](=O)[O-])ccc2o1. The van der Waals surface area contributed by atoms with Crippen LogP contribution in [0.15, 0.2) is 22.6 Å². The molecule has 1 fully saturated rings. The predicted octanol–water partition coefficient (Wildman–Crippen LogP) is 3.51. The third-order valence-corrected chi connectivity index (χ3v) is 3.97. The highest BCUT2D eigenvalue weighted by atomic mass is 16.6. The summed E-state index contributed by atoms with van der Waals surface area (Å²) in [5.74, 6) is 0. The van der Waals surface area contributed by atoms with Crippen LogP contribution < -0.4 is 4.74 Å². The molecular formula is C17H21N3O6. The number of likely N-dealkylation sites (tertiary alicyclic amines) is 1. The van der Waals surface area contributed by atoms with E-state index in [4.69, 9.17) is 13.9 Å². The zero-order valence-corrected chi connectivity index (χ0v) is 14.9. The van der Waals surface area contributed by atoms with Crippen LogP contribution in [-0.2, 0) is 4.74 Å². The van der Waals surface area contributed by atoms with Crippen LogP contribution in [-0.4, -0.2) is 45.7 Å². The second kappa shape index (κ2) is 6.81. The predicted molar refractivity (Wildman–Crippen MR) is 92.1 cm³/mol. The first-order chi connectivity index (χ1) is 12.2. The maximum Gasteiger partial charge on any atom is 0.410 e. The summed E-state index contributed by atoms with van der Waals surface area (Å²) in [5, 5.41) is 10.8. The Morgan fingerprint density at radius 3 is 2.92 bits per heavy atom. The first kappa shape index (κ1) is 18.0. The Morgan fingerprint density at radius 2 is 2.23 bits per heavy atom. The monoisotopic (exact) mass is 363 g/mol. The van der Waals surface area contributed by atoms with Crippen LogP contribution in [0.5, 0.6) is 6.08 Å². The molecule has 1 atom stereocenters. The maximum atomic E-state index is 12.3. The Hall–Kier alpha value is -2.84. The van der Waals surface area contributed by atoms with E-state index in [1.807, 2.05) is 20.8 Å². The fourth-order valence-electron chi connectivity index (χ4n) is 2.81. The molecule has 0 saturated carbocycles. The van der Waals surface area contributed by atoms with E-state index < -0.39 is 10.5 Å². The van der Waals surface area contributed by atoms with Crippen LogP contribution in [0.25, 0.3) is 11.1 Å². The van der Waals surface area contributed by atoms with Crippen molar-refractivity contribution in [2.45, 2.75) is 45.3 Å². The van der Waals surface area contributed by atoms with Gasteiger partial charge in [-0.15, -0.1) is 0 Å². The lowest BCUT2D eigenvalue weighted by molar-refractivity contribution is -0.384. The molecule has 3 rings (SSSR count). The molecular weight excluding hydrogens is 342 g/mol. The quantitative estimate of drug-likeness (QED) is 0.604. The number of non-ortho nitro benzene ring substituents is 1. The van der Waals surface area contributed by atoms with E-state index in [0.717, 1.165) is 12.8 Å². The van der Waals surface area contributed by atoms with Crippen molar-refractivity contribution in [2.24, 2.45) is 0 Å². The lowest BCUT2D eigenvalue weighted by Crippen LogP contribution is -2.42. The molecule has 2 aromatic rings. The molecule has 140 valence electrons. The number of amides is 1. The third-order valence-electron chi connectivity index (χ3n) is 3.97. The molecule has 2 heterocycles. The molecule has 1 saturated heterocycles. The number of hydrogen-bond acceptors (Lipinski definition) is 7. The Bertz CT molecular complexity index is 826. The van der Waals surface area contributed by atoms with Crippen molar-refractivity contribution >= 4 is 22.9 Å². The van der Waals surface area contributed by atoms with Crippen molar-refractivity contribution < 1.29 is 23.6 Å². The van der Waals surface area contributed by atoms with Crippen LogP contribution in [0.4, 0.5) is 10.5 Å². The van der Waals surface area contributed by atoms with Crippen molar-refractivity contribution in [1.29, 1.82) is 0 Å². The highest BCUT2D eigenvalue weighted by Crippen LogP contribution is 2.26. The van der Waals surface area contributed by atoms with Gasteiger partial charge in [0, 0.05) is 18.7 Å². The molecule has 1 amide bonds. The van der Waals surface area contributed by atoms with E-state index in [1.165, 1.54) is 18.2 Å². The van der Waals surface area contributed by atoms with Crippen molar-refractivity contribution in [3.8, 4) is 6.08 Å². The molecule has 1 aliphatic rings. The van der Waals surface area contributed by atoms with Gasteiger partial charge in [-0.1, -0.05) is 0 Å². The minimum atomic E-state index is -0.555. The van der Waals surface area contributed by atoms with Crippen LogP contribution >= 0.6 is 0 Å². The zero-order chi connectivity index (χ0) is 18.9. The largest absolute Gasteiger partial charge is 0.448 e. The van der Waals surface area contributed by atoms with Gasteiger partial charge in [-0.25, -0.2) is 4.79 Å². The number of fused-ring (bicyclic) bond motifs is 1. The summed E-state index contributed by atoms with van der Waals surface area (Å²) >= 11 is 0. The minimum absolute atomic E-state index is 0.0246. The van der Waals surface area contributed by atoms with Crippen LogP contribution in [0, 0.1) is 10.1 Å². The Kier molecular flexibility index (Phi) is 4.71. The number of nitrogens with zero attached hydrogens (tertiary/aromatic N) is 3. The second-order valence-corrected chi connectivity index (χ2v) is 7.17. The van der Waals surface area contributed by atoms with Gasteiger partial charge < -0.3 is 18.8 Å². The van der Waals surface area contributed by atoms with Gasteiger partial charge in [0.1, 0.15) is 17.7 Å². The van der Waals surface area contributed by atoms with Crippen molar-refractivity contribution in [3.63, 3.8) is 0 Å². The van der Waals surface area contributed by atoms with Crippen LogP contribution in [0.3, 0.4) is 0 Å². The van der Waals surface area contributed by atoms with Gasteiger partial charge in [0.2, 0.25) is 0 Å². The molecule has 26 heavy (non-hydrogen) atoms. The number of hydrogen-bond donors (Lipinski definition) is 0. The molecule has 0 N–H and O–H groups in total. The van der Waals surface area contributed by atoms with E-state index in [1.54, 1.807) is 4.90 Å². The summed E-state index contributed by atoms with van der Waals surface area (Å²) in [6.45, 7) is 6.30. The third kappa shape index (κ3) is 4.04. The van der Waals surface area contributed by atoms with Gasteiger partial charge in [0.25, 0.3) is 5.69 Å². The average molecular weight is 363 g/mol. The van der Waals surface area contributed by atoms with Crippen molar-refractivity contribution in [2.75, 3.05) is 13.2 Å². The van der Waals surface area contributed by atoms with Crippen LogP contribution in [0.2, 0.25) is 0 Å². The molecule has 1 aromatic carbocycles. The zero-order valence-electron chi connectivity index (χ0n) is 14.9. The standard InChI is InChI=1S/C17H21N3O6/c1-17(2,3)26-16(21)19-8-4-5-12(19)10-24-15-18-13-9-11(20(22)23)6-7-14(13)25-15/h6-7,9,12H,4-5,8,10H2,1-3H3/t12-/m1/s1. The summed E-state index contributed by atoms with van der Waals surface area (Å²) in [6.07, 6.45) is 1.33. The molecule has 1 aromatic heterocycles. The van der Waals surface area contributed by atoms with E-state index in [-0.39, 0.29) is 30.5 Å². The highest BCUT2D eigenvalue weighted by molar-refractivity contribution is 5.76. The summed E-state index contributed by atoms with van der Waals surface area (Å²) < 4.78 is 16.5. The molecule has 0 unspecified atom stereocenters.